The van der Waals surface area contributed by atoms with Gasteiger partial charge in [-0.25, -0.2) is 8.42 Å². The molecule has 0 amide bonds. The molecule has 0 atom stereocenters. The van der Waals surface area contributed by atoms with Gasteiger partial charge in [-0.15, -0.1) is 4.41 Å². The highest BCUT2D eigenvalue weighted by molar-refractivity contribution is 7.89. The topological polar surface area (TPSA) is 63.4 Å². The minimum Gasteiger partial charge on any atom is -0.255 e. The number of hydrogen-bond donors (Lipinski definition) is 1. The van der Waals surface area contributed by atoms with Crippen LogP contribution < -0.4 is 5.84 Å². The molecule has 0 bridgehead atoms. The minimum atomic E-state index is -3.50. The lowest BCUT2D eigenvalue weighted by Gasteiger charge is -2.15. The van der Waals surface area contributed by atoms with E-state index in [2.05, 4.69) is 0 Å². The predicted molar refractivity (Wildman–Crippen MR) is 59.4 cm³/mol. The minimum absolute atomic E-state index is 0.239. The van der Waals surface area contributed by atoms with Crippen molar-refractivity contribution in [1.29, 1.82) is 0 Å². The number of rotatable bonds is 5. The van der Waals surface area contributed by atoms with E-state index in [1.807, 2.05) is 6.92 Å². The van der Waals surface area contributed by atoms with E-state index in [9.17, 15) is 8.42 Å². The quantitative estimate of drug-likeness (QED) is 0.611. The van der Waals surface area contributed by atoms with Crippen molar-refractivity contribution in [2.24, 2.45) is 5.84 Å². The maximum absolute atomic E-state index is 11.8. The molecule has 5 heteroatoms. The number of unbranched alkanes of at least 4 members (excludes halogenated alkanes) is 1. The van der Waals surface area contributed by atoms with Gasteiger partial charge in [0.1, 0.15) is 0 Å². The van der Waals surface area contributed by atoms with Gasteiger partial charge < -0.3 is 0 Å². The van der Waals surface area contributed by atoms with E-state index in [1.165, 1.54) is 0 Å². The Morgan fingerprint density at radius 1 is 1.27 bits per heavy atom. The van der Waals surface area contributed by atoms with E-state index in [0.717, 1.165) is 17.3 Å². The molecule has 0 spiro atoms. The summed E-state index contributed by atoms with van der Waals surface area (Å²) < 4.78 is 24.6. The van der Waals surface area contributed by atoms with E-state index >= 15 is 0 Å². The molecule has 2 N–H and O–H groups in total. The number of hydrogen-bond acceptors (Lipinski definition) is 3. The largest absolute Gasteiger partial charge is 0.255 e. The summed E-state index contributed by atoms with van der Waals surface area (Å²) in [6.07, 6.45) is 1.68. The fourth-order valence-electron chi connectivity index (χ4n) is 1.16. The Labute approximate surface area is 90.7 Å². The lowest BCUT2D eigenvalue weighted by atomic mass is 10.3. The van der Waals surface area contributed by atoms with Crippen LogP contribution in [0.5, 0.6) is 0 Å². The third-order valence-corrected chi connectivity index (χ3v) is 3.75. The molecule has 4 nitrogen and oxygen atoms in total. The van der Waals surface area contributed by atoms with Crippen LogP contribution in [0.2, 0.25) is 0 Å². The Kier molecular flexibility index (Phi) is 4.26. The maximum atomic E-state index is 11.8. The van der Waals surface area contributed by atoms with Gasteiger partial charge in [0.15, 0.2) is 0 Å². The van der Waals surface area contributed by atoms with Crippen LogP contribution in [-0.4, -0.2) is 19.4 Å². The second-order valence-electron chi connectivity index (χ2n) is 3.28. The maximum Gasteiger partial charge on any atom is 0.255 e. The van der Waals surface area contributed by atoms with Gasteiger partial charge >= 0.3 is 0 Å². The highest BCUT2D eigenvalue weighted by atomic mass is 32.2. The van der Waals surface area contributed by atoms with Crippen LogP contribution in [0.15, 0.2) is 35.2 Å². The molecule has 0 fully saturated rings. The molecular formula is C10H16N2O2S. The zero-order valence-corrected chi connectivity index (χ0v) is 9.57. The zero-order chi connectivity index (χ0) is 11.3. The monoisotopic (exact) mass is 228 g/mol. The van der Waals surface area contributed by atoms with Crippen molar-refractivity contribution < 1.29 is 8.42 Å². The molecule has 0 aliphatic rings. The summed E-state index contributed by atoms with van der Waals surface area (Å²) in [6.45, 7) is 2.34. The van der Waals surface area contributed by atoms with Gasteiger partial charge in [-0.3, -0.25) is 5.84 Å². The highest BCUT2D eigenvalue weighted by Crippen LogP contribution is 2.12. The number of nitrogens with zero attached hydrogens (tertiary/aromatic N) is 1. The molecule has 0 saturated heterocycles. The summed E-state index contributed by atoms with van der Waals surface area (Å²) in [7, 11) is -3.50. The van der Waals surface area contributed by atoms with Gasteiger partial charge in [-0.2, -0.15) is 0 Å². The first-order valence-electron chi connectivity index (χ1n) is 4.91. The van der Waals surface area contributed by atoms with Gasteiger partial charge in [0, 0.05) is 6.54 Å². The molecular weight excluding hydrogens is 212 g/mol. The first-order chi connectivity index (χ1) is 7.09. The van der Waals surface area contributed by atoms with Gasteiger partial charge in [-0.05, 0) is 18.6 Å². The lowest BCUT2D eigenvalue weighted by molar-refractivity contribution is 0.417. The second-order valence-corrected chi connectivity index (χ2v) is 5.17. The third-order valence-electron chi connectivity index (χ3n) is 2.08. The van der Waals surface area contributed by atoms with Crippen LogP contribution in [0, 0.1) is 0 Å². The van der Waals surface area contributed by atoms with E-state index < -0.39 is 10.0 Å². The molecule has 0 aromatic heterocycles. The summed E-state index contributed by atoms with van der Waals surface area (Å²) in [5.74, 6) is 5.51. The summed E-state index contributed by atoms with van der Waals surface area (Å²) in [5, 5.41) is 0. The van der Waals surface area contributed by atoms with Crippen LogP contribution >= 0.6 is 0 Å². The average molecular weight is 228 g/mol. The van der Waals surface area contributed by atoms with E-state index in [-0.39, 0.29) is 4.90 Å². The Morgan fingerprint density at radius 2 is 1.87 bits per heavy atom. The molecule has 1 aromatic rings. The van der Waals surface area contributed by atoms with Crippen LogP contribution in [-0.2, 0) is 10.0 Å². The number of sulfonamides is 1. The van der Waals surface area contributed by atoms with Crippen molar-refractivity contribution in [2.45, 2.75) is 24.7 Å². The highest BCUT2D eigenvalue weighted by Gasteiger charge is 2.19. The smallest absolute Gasteiger partial charge is 0.255 e. The molecule has 0 saturated carbocycles. The van der Waals surface area contributed by atoms with Gasteiger partial charge in [-0.1, -0.05) is 31.5 Å². The molecule has 0 heterocycles. The molecule has 1 aromatic carbocycles. The van der Waals surface area contributed by atoms with Gasteiger partial charge in [0.05, 0.1) is 4.90 Å². The Morgan fingerprint density at radius 3 is 2.40 bits per heavy atom. The summed E-state index contributed by atoms with van der Waals surface area (Å²) in [6, 6.07) is 8.22. The van der Waals surface area contributed by atoms with Crippen LogP contribution in [0.1, 0.15) is 19.8 Å². The number of nitrogens with two attached hydrogens (primary N) is 1. The van der Waals surface area contributed by atoms with Crippen molar-refractivity contribution in [3.63, 3.8) is 0 Å². The zero-order valence-electron chi connectivity index (χ0n) is 8.76. The van der Waals surface area contributed by atoms with E-state index in [0.29, 0.717) is 6.54 Å². The molecule has 84 valence electrons. The van der Waals surface area contributed by atoms with Crippen LogP contribution in [0.4, 0.5) is 0 Å². The Bertz CT molecular complexity index is 389. The lowest BCUT2D eigenvalue weighted by Crippen LogP contribution is -2.38. The van der Waals surface area contributed by atoms with E-state index in [1.54, 1.807) is 30.3 Å². The summed E-state index contributed by atoms with van der Waals surface area (Å²) in [5.41, 5.74) is 0. The Hall–Kier alpha value is -0.910. The number of benzene rings is 1. The fourth-order valence-corrected chi connectivity index (χ4v) is 2.30. The fraction of sp³-hybridized carbons (Fsp3) is 0.400. The molecule has 15 heavy (non-hydrogen) atoms. The first kappa shape index (κ1) is 12.2. The molecule has 0 aliphatic carbocycles. The summed E-state index contributed by atoms with van der Waals surface area (Å²) >= 11 is 0. The average Bonchev–Trinajstić information content (AvgIpc) is 2.27. The van der Waals surface area contributed by atoms with Crippen LogP contribution in [0.3, 0.4) is 0 Å². The first-order valence-corrected chi connectivity index (χ1v) is 6.35. The van der Waals surface area contributed by atoms with Gasteiger partial charge in [0.25, 0.3) is 10.0 Å². The van der Waals surface area contributed by atoms with Crippen molar-refractivity contribution >= 4 is 10.0 Å². The van der Waals surface area contributed by atoms with Crippen molar-refractivity contribution in [1.82, 2.24) is 4.41 Å². The van der Waals surface area contributed by atoms with Crippen LogP contribution in [0.25, 0.3) is 0 Å². The molecule has 1 rings (SSSR count). The standard InChI is InChI=1S/C10H16N2O2S/c1-2-3-9-12(11)15(13,14)10-7-5-4-6-8-10/h4-8H,2-3,9,11H2,1H3. The van der Waals surface area contributed by atoms with E-state index in [4.69, 9.17) is 5.84 Å². The molecule has 0 radical (unpaired) electrons. The Balaban J connectivity index is 2.84. The van der Waals surface area contributed by atoms with Crippen molar-refractivity contribution in [3.8, 4) is 0 Å². The summed E-state index contributed by atoms with van der Waals surface area (Å²) in [4.78, 5) is 0.239. The van der Waals surface area contributed by atoms with Crippen molar-refractivity contribution in [2.75, 3.05) is 6.54 Å². The molecule has 0 aliphatic heterocycles. The SMILES string of the molecule is CCCCN(N)S(=O)(=O)c1ccccc1. The third kappa shape index (κ3) is 3.02. The normalized spacial score (nSPS) is 11.9. The van der Waals surface area contributed by atoms with Crippen molar-refractivity contribution in [3.05, 3.63) is 30.3 Å². The predicted octanol–water partition coefficient (Wildman–Crippen LogP) is 1.35. The van der Waals surface area contributed by atoms with Gasteiger partial charge in [0.2, 0.25) is 0 Å². The number of hydrazine groups is 1. The second kappa shape index (κ2) is 5.25. The molecule has 0 unspecified atom stereocenters.